The first kappa shape index (κ1) is 10.9. The van der Waals surface area contributed by atoms with Crippen LogP contribution in [0.15, 0.2) is 24.3 Å². The summed E-state index contributed by atoms with van der Waals surface area (Å²) in [4.78, 5) is 4.73. The largest absolute Gasteiger partial charge is 0.228 e. The van der Waals surface area contributed by atoms with Crippen LogP contribution in [0.25, 0.3) is 10.4 Å². The number of rotatable bonds is 2. The Morgan fingerprint density at radius 3 is 2.73 bits per heavy atom. The predicted molar refractivity (Wildman–Crippen MR) is 62.1 cm³/mol. The second-order valence-electron chi connectivity index (χ2n) is 2.86. The summed E-state index contributed by atoms with van der Waals surface area (Å²) in [5, 5.41) is 0. The molecule has 15 heavy (non-hydrogen) atoms. The number of alkyl halides is 1. The molecule has 2 aromatic rings. The minimum absolute atomic E-state index is 0.229. The molecule has 2 rings (SSSR count). The van der Waals surface area contributed by atoms with Crippen LogP contribution in [0.5, 0.6) is 0 Å². The van der Waals surface area contributed by atoms with E-state index in [1.165, 1.54) is 17.4 Å². The van der Waals surface area contributed by atoms with E-state index in [1.807, 2.05) is 0 Å². The van der Waals surface area contributed by atoms with Crippen molar-refractivity contribution in [1.29, 1.82) is 0 Å². The minimum Gasteiger partial charge on any atom is -0.228 e. The lowest BCUT2D eigenvalue weighted by Gasteiger charge is -2.00. The summed E-state index contributed by atoms with van der Waals surface area (Å²) in [5.41, 5.74) is 1.12. The van der Waals surface area contributed by atoms with Crippen LogP contribution >= 0.6 is 34.5 Å². The van der Waals surface area contributed by atoms with E-state index in [-0.39, 0.29) is 11.7 Å². The number of halogens is 3. The Kier molecular flexibility index (Phi) is 3.24. The monoisotopic (exact) mass is 261 g/mol. The van der Waals surface area contributed by atoms with E-state index in [0.29, 0.717) is 20.6 Å². The van der Waals surface area contributed by atoms with Crippen LogP contribution in [-0.4, -0.2) is 4.98 Å². The van der Waals surface area contributed by atoms with Crippen molar-refractivity contribution in [3.8, 4) is 10.4 Å². The first-order valence-corrected chi connectivity index (χ1v) is 5.91. The fourth-order valence-electron chi connectivity index (χ4n) is 1.27. The van der Waals surface area contributed by atoms with Crippen molar-refractivity contribution in [2.24, 2.45) is 0 Å². The third kappa shape index (κ3) is 2.14. The summed E-state index contributed by atoms with van der Waals surface area (Å²) in [6.07, 6.45) is 0. The summed E-state index contributed by atoms with van der Waals surface area (Å²) in [6, 6.07) is 6.50. The second kappa shape index (κ2) is 4.47. The van der Waals surface area contributed by atoms with Crippen molar-refractivity contribution in [3.05, 3.63) is 40.2 Å². The minimum atomic E-state index is -0.288. The van der Waals surface area contributed by atoms with Crippen LogP contribution in [0.2, 0.25) is 4.47 Å². The molecule has 1 nitrogen and oxygen atoms in total. The van der Waals surface area contributed by atoms with Gasteiger partial charge in [0.1, 0.15) is 5.82 Å². The highest BCUT2D eigenvalue weighted by Gasteiger charge is 2.14. The van der Waals surface area contributed by atoms with Gasteiger partial charge >= 0.3 is 0 Å². The molecule has 0 fully saturated rings. The first-order valence-electron chi connectivity index (χ1n) is 4.18. The van der Waals surface area contributed by atoms with Gasteiger partial charge in [0.2, 0.25) is 0 Å². The van der Waals surface area contributed by atoms with Gasteiger partial charge in [0.05, 0.1) is 16.5 Å². The summed E-state index contributed by atoms with van der Waals surface area (Å²) in [6.45, 7) is 0. The van der Waals surface area contributed by atoms with Crippen molar-refractivity contribution in [2.45, 2.75) is 5.88 Å². The van der Waals surface area contributed by atoms with Gasteiger partial charge < -0.3 is 0 Å². The maximum atomic E-state index is 13.5. The molecule has 0 spiro atoms. The van der Waals surface area contributed by atoms with Crippen molar-refractivity contribution >= 4 is 34.5 Å². The van der Waals surface area contributed by atoms with Crippen LogP contribution in [0.1, 0.15) is 5.69 Å². The molecular formula is C10H6Cl2FNS. The molecule has 0 aliphatic carbocycles. The molecule has 0 atom stereocenters. The SMILES string of the molecule is Fc1ccccc1-c1sc(Cl)nc1CCl. The Balaban J connectivity index is 2.58. The summed E-state index contributed by atoms with van der Waals surface area (Å²) in [5.74, 6) is -0.0587. The quantitative estimate of drug-likeness (QED) is 0.733. The van der Waals surface area contributed by atoms with E-state index in [9.17, 15) is 4.39 Å². The lowest BCUT2D eigenvalue weighted by molar-refractivity contribution is 0.631. The van der Waals surface area contributed by atoms with Gasteiger partial charge in [-0.1, -0.05) is 29.8 Å². The van der Waals surface area contributed by atoms with Crippen molar-refractivity contribution in [1.82, 2.24) is 4.98 Å². The van der Waals surface area contributed by atoms with Crippen molar-refractivity contribution < 1.29 is 4.39 Å². The fourth-order valence-corrected chi connectivity index (χ4v) is 2.71. The van der Waals surface area contributed by atoms with E-state index < -0.39 is 0 Å². The summed E-state index contributed by atoms with van der Waals surface area (Å²) >= 11 is 12.7. The second-order valence-corrected chi connectivity index (χ2v) is 4.70. The molecule has 0 aliphatic heterocycles. The molecule has 0 unspecified atom stereocenters. The van der Waals surface area contributed by atoms with E-state index in [1.54, 1.807) is 18.2 Å². The molecule has 0 saturated carbocycles. The molecule has 1 aromatic carbocycles. The van der Waals surface area contributed by atoms with Gasteiger partial charge in [0.25, 0.3) is 0 Å². The number of nitrogens with zero attached hydrogens (tertiary/aromatic N) is 1. The van der Waals surface area contributed by atoms with E-state index in [2.05, 4.69) is 4.98 Å². The van der Waals surface area contributed by atoms with Crippen molar-refractivity contribution in [2.75, 3.05) is 0 Å². The highest BCUT2D eigenvalue weighted by molar-refractivity contribution is 7.19. The Labute approximate surface area is 100 Å². The van der Waals surface area contributed by atoms with Crippen LogP contribution in [0.4, 0.5) is 4.39 Å². The molecule has 0 amide bonds. The molecule has 5 heteroatoms. The van der Waals surface area contributed by atoms with Gasteiger partial charge in [-0.05, 0) is 6.07 Å². The Morgan fingerprint density at radius 1 is 1.33 bits per heavy atom. The molecule has 0 radical (unpaired) electrons. The zero-order chi connectivity index (χ0) is 10.8. The zero-order valence-corrected chi connectivity index (χ0v) is 9.83. The number of hydrogen-bond acceptors (Lipinski definition) is 2. The molecule has 1 aromatic heterocycles. The molecule has 78 valence electrons. The van der Waals surface area contributed by atoms with Gasteiger partial charge in [-0.25, -0.2) is 9.37 Å². The average molecular weight is 262 g/mol. The molecule has 0 N–H and O–H groups in total. The van der Waals surface area contributed by atoms with E-state index >= 15 is 0 Å². The zero-order valence-electron chi connectivity index (χ0n) is 7.51. The van der Waals surface area contributed by atoms with E-state index in [0.717, 1.165) is 0 Å². The van der Waals surface area contributed by atoms with Crippen molar-refractivity contribution in [3.63, 3.8) is 0 Å². The summed E-state index contributed by atoms with van der Waals surface area (Å²) in [7, 11) is 0. The highest BCUT2D eigenvalue weighted by Crippen LogP contribution is 2.34. The first-order chi connectivity index (χ1) is 7.22. The third-order valence-electron chi connectivity index (χ3n) is 1.92. The van der Waals surface area contributed by atoms with Crippen LogP contribution in [0.3, 0.4) is 0 Å². The Bertz CT molecular complexity index is 484. The summed E-state index contributed by atoms with van der Waals surface area (Å²) < 4.78 is 13.9. The van der Waals surface area contributed by atoms with Crippen LogP contribution < -0.4 is 0 Å². The van der Waals surface area contributed by atoms with Crippen LogP contribution in [-0.2, 0) is 5.88 Å². The lowest BCUT2D eigenvalue weighted by atomic mass is 10.1. The standard InChI is InChI=1S/C10H6Cl2FNS/c11-5-8-9(15-10(12)14-8)6-3-1-2-4-7(6)13/h1-4H,5H2. The molecular weight excluding hydrogens is 256 g/mol. The maximum absolute atomic E-state index is 13.5. The van der Waals surface area contributed by atoms with Gasteiger partial charge in [0, 0.05) is 5.56 Å². The van der Waals surface area contributed by atoms with Gasteiger partial charge in [-0.3, -0.25) is 0 Å². The molecule has 0 bridgehead atoms. The molecule has 1 heterocycles. The Hall–Kier alpha value is -0.640. The normalized spacial score (nSPS) is 10.6. The predicted octanol–water partition coefficient (Wildman–Crippen LogP) is 4.34. The number of hydrogen-bond donors (Lipinski definition) is 0. The maximum Gasteiger partial charge on any atom is 0.184 e. The highest BCUT2D eigenvalue weighted by atomic mass is 35.5. The van der Waals surface area contributed by atoms with Gasteiger partial charge in [-0.2, -0.15) is 0 Å². The molecule has 0 aliphatic rings. The number of aromatic nitrogens is 1. The van der Waals surface area contributed by atoms with Gasteiger partial charge in [-0.15, -0.1) is 22.9 Å². The third-order valence-corrected chi connectivity index (χ3v) is 3.40. The smallest absolute Gasteiger partial charge is 0.184 e. The topological polar surface area (TPSA) is 12.9 Å². The lowest BCUT2D eigenvalue weighted by Crippen LogP contribution is -1.85. The van der Waals surface area contributed by atoms with Gasteiger partial charge in [0.15, 0.2) is 4.47 Å². The van der Waals surface area contributed by atoms with E-state index in [4.69, 9.17) is 23.2 Å². The molecule has 0 saturated heterocycles. The number of benzene rings is 1. The van der Waals surface area contributed by atoms with Crippen LogP contribution in [0, 0.1) is 5.82 Å². The fraction of sp³-hybridized carbons (Fsp3) is 0.100. The Morgan fingerprint density at radius 2 is 2.07 bits per heavy atom. The average Bonchev–Trinajstić information content (AvgIpc) is 2.60. The number of thiazole rings is 1.